The summed E-state index contributed by atoms with van der Waals surface area (Å²) in [5, 5.41) is 0. The summed E-state index contributed by atoms with van der Waals surface area (Å²) in [6, 6.07) is 0. The third-order valence-electron chi connectivity index (χ3n) is 3.64. The Morgan fingerprint density at radius 2 is 1.67 bits per heavy atom. The Morgan fingerprint density at radius 3 is 2.10 bits per heavy atom. The van der Waals surface area contributed by atoms with Gasteiger partial charge < -0.3 is 18.9 Å². The highest BCUT2D eigenvalue weighted by molar-refractivity contribution is 5.95. The molecule has 122 valence electrons. The van der Waals surface area contributed by atoms with E-state index in [1.54, 1.807) is 0 Å². The first-order chi connectivity index (χ1) is 9.90. The molecule has 1 fully saturated rings. The maximum atomic E-state index is 11.9. The van der Waals surface area contributed by atoms with Gasteiger partial charge in [-0.1, -0.05) is 13.8 Å². The minimum absolute atomic E-state index is 0.0611. The molecule has 21 heavy (non-hydrogen) atoms. The molecular weight excluding hydrogens is 276 g/mol. The van der Waals surface area contributed by atoms with Crippen molar-refractivity contribution in [1.82, 2.24) is 0 Å². The zero-order chi connectivity index (χ0) is 16.0. The second-order valence-corrected chi connectivity index (χ2v) is 5.68. The standard InChI is InChI=1S/C15H26O6/c1-9(2)13(12(14(16)18-4)15(17)19-5)21-11-8-6-7-10(3)20-11/h9-13H,6-8H2,1-5H3/t10-,11+,13-/m0/s1. The van der Waals surface area contributed by atoms with E-state index in [0.717, 1.165) is 19.3 Å². The Morgan fingerprint density at radius 1 is 1.10 bits per heavy atom. The fraction of sp³-hybridized carbons (Fsp3) is 0.867. The minimum Gasteiger partial charge on any atom is -0.468 e. The van der Waals surface area contributed by atoms with Gasteiger partial charge in [0.2, 0.25) is 0 Å². The maximum absolute atomic E-state index is 11.9. The zero-order valence-corrected chi connectivity index (χ0v) is 13.5. The second-order valence-electron chi connectivity index (χ2n) is 5.68. The van der Waals surface area contributed by atoms with E-state index in [4.69, 9.17) is 18.9 Å². The number of methoxy groups -OCH3 is 2. The molecule has 1 saturated heterocycles. The van der Waals surface area contributed by atoms with Gasteiger partial charge in [-0.2, -0.15) is 0 Å². The lowest BCUT2D eigenvalue weighted by Crippen LogP contribution is -2.44. The highest BCUT2D eigenvalue weighted by atomic mass is 16.7. The molecular formula is C15H26O6. The number of carbonyl (C=O) groups is 2. The summed E-state index contributed by atoms with van der Waals surface area (Å²) in [5.74, 6) is -2.45. The highest BCUT2D eigenvalue weighted by Gasteiger charge is 2.41. The lowest BCUT2D eigenvalue weighted by atomic mass is 9.92. The van der Waals surface area contributed by atoms with Gasteiger partial charge in [0.1, 0.15) is 0 Å². The third-order valence-corrected chi connectivity index (χ3v) is 3.64. The van der Waals surface area contributed by atoms with E-state index in [-0.39, 0.29) is 12.0 Å². The van der Waals surface area contributed by atoms with E-state index in [0.29, 0.717) is 0 Å². The van der Waals surface area contributed by atoms with E-state index in [9.17, 15) is 9.59 Å². The van der Waals surface area contributed by atoms with E-state index in [1.165, 1.54) is 14.2 Å². The Labute approximate surface area is 126 Å². The van der Waals surface area contributed by atoms with Gasteiger partial charge in [0.25, 0.3) is 0 Å². The number of ether oxygens (including phenoxy) is 4. The average molecular weight is 302 g/mol. The van der Waals surface area contributed by atoms with E-state index < -0.39 is 30.3 Å². The molecule has 0 radical (unpaired) electrons. The number of carbonyl (C=O) groups excluding carboxylic acids is 2. The van der Waals surface area contributed by atoms with Gasteiger partial charge in [0.05, 0.1) is 26.4 Å². The van der Waals surface area contributed by atoms with Crippen LogP contribution in [0, 0.1) is 11.8 Å². The molecule has 1 heterocycles. The van der Waals surface area contributed by atoms with Crippen molar-refractivity contribution >= 4 is 11.9 Å². The van der Waals surface area contributed by atoms with Crippen molar-refractivity contribution in [3.8, 4) is 0 Å². The normalized spacial score (nSPS) is 24.0. The van der Waals surface area contributed by atoms with Crippen molar-refractivity contribution in [3.63, 3.8) is 0 Å². The van der Waals surface area contributed by atoms with Crippen LogP contribution in [-0.2, 0) is 28.5 Å². The second kappa shape index (κ2) is 8.34. The molecule has 1 aliphatic rings. The Balaban J connectivity index is 2.85. The third kappa shape index (κ3) is 4.97. The first kappa shape index (κ1) is 17.9. The van der Waals surface area contributed by atoms with Crippen LogP contribution in [0.25, 0.3) is 0 Å². The van der Waals surface area contributed by atoms with Crippen molar-refractivity contribution in [1.29, 1.82) is 0 Å². The molecule has 0 bridgehead atoms. The van der Waals surface area contributed by atoms with E-state index in [1.807, 2.05) is 20.8 Å². The van der Waals surface area contributed by atoms with E-state index >= 15 is 0 Å². The van der Waals surface area contributed by atoms with Gasteiger partial charge in [0, 0.05) is 0 Å². The molecule has 0 aromatic carbocycles. The van der Waals surface area contributed by atoms with Crippen molar-refractivity contribution in [2.24, 2.45) is 11.8 Å². The Hall–Kier alpha value is -1.14. The molecule has 3 atom stereocenters. The van der Waals surface area contributed by atoms with Gasteiger partial charge in [-0.3, -0.25) is 9.59 Å². The van der Waals surface area contributed by atoms with Crippen LogP contribution in [-0.4, -0.2) is 44.7 Å². The molecule has 0 spiro atoms. The predicted molar refractivity (Wildman–Crippen MR) is 75.4 cm³/mol. The molecule has 0 aliphatic carbocycles. The molecule has 0 aromatic heterocycles. The van der Waals surface area contributed by atoms with Crippen LogP contribution < -0.4 is 0 Å². The summed E-state index contributed by atoms with van der Waals surface area (Å²) in [6.07, 6.45) is 1.81. The zero-order valence-electron chi connectivity index (χ0n) is 13.5. The molecule has 6 nitrogen and oxygen atoms in total. The smallest absolute Gasteiger partial charge is 0.322 e. The van der Waals surface area contributed by atoms with Crippen LogP contribution in [0.5, 0.6) is 0 Å². The summed E-state index contributed by atoms with van der Waals surface area (Å²) in [6.45, 7) is 5.75. The topological polar surface area (TPSA) is 71.1 Å². The number of hydrogen-bond acceptors (Lipinski definition) is 6. The molecule has 1 rings (SSSR count). The van der Waals surface area contributed by atoms with Gasteiger partial charge in [0.15, 0.2) is 12.2 Å². The molecule has 0 N–H and O–H groups in total. The van der Waals surface area contributed by atoms with Crippen molar-refractivity contribution in [2.75, 3.05) is 14.2 Å². The summed E-state index contributed by atoms with van der Waals surface area (Å²) in [4.78, 5) is 23.8. The molecule has 0 aromatic rings. The SMILES string of the molecule is COC(=O)C(C(=O)OC)[C@@H](O[C@@H]1CCC[C@H](C)O1)C(C)C. The van der Waals surface area contributed by atoms with Crippen LogP contribution in [0.4, 0.5) is 0 Å². The fourth-order valence-corrected chi connectivity index (χ4v) is 2.48. The first-order valence-electron chi connectivity index (χ1n) is 7.37. The Kier molecular flexibility index (Phi) is 7.11. The number of hydrogen-bond donors (Lipinski definition) is 0. The summed E-state index contributed by atoms with van der Waals surface area (Å²) in [5.41, 5.74) is 0. The lowest BCUT2D eigenvalue weighted by molar-refractivity contribution is -0.230. The van der Waals surface area contributed by atoms with E-state index in [2.05, 4.69) is 0 Å². The maximum Gasteiger partial charge on any atom is 0.322 e. The summed E-state index contributed by atoms with van der Waals surface area (Å²) < 4.78 is 21.1. The van der Waals surface area contributed by atoms with Gasteiger partial charge in [-0.15, -0.1) is 0 Å². The van der Waals surface area contributed by atoms with Crippen LogP contribution in [0.15, 0.2) is 0 Å². The van der Waals surface area contributed by atoms with Crippen LogP contribution in [0.1, 0.15) is 40.0 Å². The quantitative estimate of drug-likeness (QED) is 0.551. The molecule has 0 unspecified atom stereocenters. The molecule has 1 aliphatic heterocycles. The largest absolute Gasteiger partial charge is 0.468 e. The highest BCUT2D eigenvalue weighted by Crippen LogP contribution is 2.27. The van der Waals surface area contributed by atoms with Crippen LogP contribution in [0.2, 0.25) is 0 Å². The average Bonchev–Trinajstić information content (AvgIpc) is 2.45. The van der Waals surface area contributed by atoms with Crippen molar-refractivity contribution in [2.45, 2.75) is 58.5 Å². The number of rotatable bonds is 6. The van der Waals surface area contributed by atoms with Gasteiger partial charge in [-0.05, 0) is 32.1 Å². The van der Waals surface area contributed by atoms with Gasteiger partial charge in [-0.25, -0.2) is 0 Å². The van der Waals surface area contributed by atoms with Crippen LogP contribution in [0.3, 0.4) is 0 Å². The van der Waals surface area contributed by atoms with Crippen molar-refractivity contribution < 1.29 is 28.5 Å². The predicted octanol–water partition coefficient (Wildman–Crippen LogP) is 1.90. The summed E-state index contributed by atoms with van der Waals surface area (Å²) in [7, 11) is 2.49. The lowest BCUT2D eigenvalue weighted by Gasteiger charge is -2.34. The fourth-order valence-electron chi connectivity index (χ4n) is 2.48. The molecule has 0 saturated carbocycles. The molecule has 0 amide bonds. The van der Waals surface area contributed by atoms with Crippen LogP contribution >= 0.6 is 0 Å². The minimum atomic E-state index is -1.10. The Bertz CT molecular complexity index is 338. The monoisotopic (exact) mass is 302 g/mol. The molecule has 6 heteroatoms. The number of esters is 2. The van der Waals surface area contributed by atoms with Crippen molar-refractivity contribution in [3.05, 3.63) is 0 Å². The first-order valence-corrected chi connectivity index (χ1v) is 7.37. The summed E-state index contributed by atoms with van der Waals surface area (Å²) >= 11 is 0. The van der Waals surface area contributed by atoms with Gasteiger partial charge >= 0.3 is 11.9 Å².